The van der Waals surface area contributed by atoms with Crippen molar-refractivity contribution in [3.8, 4) is 11.5 Å². The lowest BCUT2D eigenvalue weighted by Gasteiger charge is -2.49. The fraction of sp³-hybridized carbons (Fsp3) is 0.248. The summed E-state index contributed by atoms with van der Waals surface area (Å²) in [6, 6.07) is 79.7. The molecule has 3 fully saturated rings. The Kier molecular flexibility index (Phi) is 34.8. The number of carbonyl (C=O) groups is 10. The average molecular weight is 2040 g/mol. The van der Waals surface area contributed by atoms with E-state index in [1.165, 1.54) is 170 Å². The van der Waals surface area contributed by atoms with Gasteiger partial charge in [0.2, 0.25) is 0 Å². The number of halogens is 2. The Morgan fingerprint density at radius 1 is 0.248 bits per heavy atom. The van der Waals surface area contributed by atoms with Gasteiger partial charge in [-0.1, -0.05) is 182 Å². The fourth-order valence-corrected chi connectivity index (χ4v) is 15.5. The van der Waals surface area contributed by atoms with Gasteiger partial charge in [-0.15, -0.1) is 0 Å². The quantitative estimate of drug-likeness (QED) is 0.0149. The molecule has 3 saturated heterocycles. The summed E-state index contributed by atoms with van der Waals surface area (Å²) >= 11 is 4.31. The van der Waals surface area contributed by atoms with Crippen LogP contribution in [-0.4, -0.2) is 218 Å². The second-order valence-corrected chi connectivity index (χ2v) is 32.1. The third kappa shape index (κ3) is 26.2. The zero-order valence-electron chi connectivity index (χ0n) is 71.0. The van der Waals surface area contributed by atoms with Gasteiger partial charge in [-0.05, 0) is 179 Å². The molecule has 0 bridgehead atoms. The van der Waals surface area contributed by atoms with Crippen LogP contribution in [0.5, 0.6) is 11.5 Å². The molecule has 11 aromatic carbocycles. The lowest BCUT2D eigenvalue weighted by atomic mass is 9.95. The van der Waals surface area contributed by atoms with Crippen molar-refractivity contribution in [3.05, 3.63) is 378 Å². The number of benzene rings is 11. The van der Waals surface area contributed by atoms with Crippen molar-refractivity contribution in [2.75, 3.05) is 66.6 Å². The van der Waals surface area contributed by atoms with Gasteiger partial charge in [0.15, 0.2) is 67.7 Å². The first-order valence-electron chi connectivity index (χ1n) is 42.1. The van der Waals surface area contributed by atoms with E-state index in [-0.39, 0.29) is 95.3 Å². The van der Waals surface area contributed by atoms with E-state index in [1.54, 1.807) is 141 Å². The second kappa shape index (κ2) is 48.3. The van der Waals surface area contributed by atoms with E-state index in [2.05, 4.69) is 45.2 Å². The van der Waals surface area contributed by atoms with Crippen molar-refractivity contribution in [2.45, 2.75) is 92.1 Å². The minimum absolute atomic E-state index is 0.00955. The van der Waals surface area contributed by atoms with Crippen LogP contribution in [0.3, 0.4) is 0 Å². The number of rotatable bonds is 39. The first-order valence-corrected chi connectivity index (χ1v) is 44.3. The summed E-state index contributed by atoms with van der Waals surface area (Å²) in [6.45, 7) is -2.85. The molecule has 15 atom stereocenters. The molecule has 686 valence electrons. The van der Waals surface area contributed by atoms with E-state index >= 15 is 28.8 Å². The molecular formula is C101H88I2O30. The van der Waals surface area contributed by atoms with Crippen LogP contribution in [0.25, 0.3) is 0 Å². The summed E-state index contributed by atoms with van der Waals surface area (Å²) in [7, 11) is 1.58. The highest BCUT2D eigenvalue weighted by atomic mass is 127. The molecule has 32 heteroatoms. The van der Waals surface area contributed by atoms with E-state index in [0.29, 0.717) is 11.5 Å². The highest BCUT2D eigenvalue weighted by Crippen LogP contribution is 2.40. The van der Waals surface area contributed by atoms with Crippen molar-refractivity contribution in [2.24, 2.45) is 0 Å². The second-order valence-electron chi connectivity index (χ2n) is 29.7. The largest absolute Gasteiger partial charge is 0.496 e. The summed E-state index contributed by atoms with van der Waals surface area (Å²) in [5.74, 6) is -9.21. The monoisotopic (exact) mass is 2030 g/mol. The maximum atomic E-state index is 15.6. The Labute approximate surface area is 790 Å². The van der Waals surface area contributed by atoms with Crippen molar-refractivity contribution in [1.82, 2.24) is 0 Å². The van der Waals surface area contributed by atoms with E-state index in [9.17, 15) is 19.2 Å². The third-order valence-electron chi connectivity index (χ3n) is 20.9. The molecule has 3 aliphatic rings. The number of hydrogen-bond acceptors (Lipinski definition) is 30. The van der Waals surface area contributed by atoms with E-state index < -0.39 is 172 Å². The third-order valence-corrected chi connectivity index (χ3v) is 22.5. The maximum Gasteiger partial charge on any atom is 0.338 e. The Hall–Kier alpha value is -13.1. The van der Waals surface area contributed by atoms with Crippen LogP contribution in [0.15, 0.2) is 315 Å². The van der Waals surface area contributed by atoms with Crippen molar-refractivity contribution < 1.29 is 143 Å². The molecule has 11 aromatic rings. The minimum atomic E-state index is -2.34. The van der Waals surface area contributed by atoms with Gasteiger partial charge in [-0.25, -0.2) is 47.9 Å². The standard InChI is InChI=1S/C101H88I2O30/c1-114-75-58-74(103)76(59-73(75)102)117-56-54-115-52-53-116-55-57-118-99-86(130-96(111)70-46-26-9-27-47-70)83(128-94(109)68-42-22-7-23-43-68)81(126-92(107)66-38-18-5-19-39-66)79(122-99)62-121-100-87(131-97(112)71-48-28-10-29-49-71)85(82(127-93(108)67-40-20-6-21-41-67)77(123-100)60-119-89(104)63-32-12-2-13-33-63)133-101-88(132-98(113)72-50-30-11-31-51-72)84(129-95(110)69-44-24-8-25-45-69)80(125-91(106)65-36-16-4-17-37-65)78(124-101)61-120-90(105)64-34-14-3-15-35-64/h2-51,58-59,77-88,99-101H,52-57,60-62H2,1H3/t77-,78-,79-,80-,81-,82-,83+,84+,85+,86+,87+,88+,99+,100+,101-/m1/s1. The van der Waals surface area contributed by atoms with Gasteiger partial charge in [0.25, 0.3) is 0 Å². The number of carbonyl (C=O) groups excluding carboxylic acids is 10. The summed E-state index contributed by atoms with van der Waals surface area (Å²) in [6.07, 6.45) is -30.7. The molecule has 0 radical (unpaired) electrons. The van der Waals surface area contributed by atoms with Crippen LogP contribution in [0.4, 0.5) is 0 Å². The van der Waals surface area contributed by atoms with Crippen molar-refractivity contribution in [1.29, 1.82) is 0 Å². The van der Waals surface area contributed by atoms with Gasteiger partial charge < -0.3 is 94.7 Å². The summed E-state index contributed by atoms with van der Waals surface area (Å²) in [5, 5.41) is 0. The van der Waals surface area contributed by atoms with Gasteiger partial charge >= 0.3 is 59.7 Å². The Morgan fingerprint density at radius 2 is 0.481 bits per heavy atom. The lowest BCUT2D eigenvalue weighted by Crippen LogP contribution is -2.68. The highest BCUT2D eigenvalue weighted by Gasteiger charge is 2.60. The number of hydrogen-bond donors (Lipinski definition) is 0. The van der Waals surface area contributed by atoms with Crippen LogP contribution in [0, 0.1) is 7.14 Å². The topological polar surface area (TPSA) is 355 Å². The van der Waals surface area contributed by atoms with Gasteiger partial charge in [0, 0.05) is 0 Å². The predicted octanol–water partition coefficient (Wildman–Crippen LogP) is 14.4. The molecule has 0 unspecified atom stereocenters. The fourth-order valence-electron chi connectivity index (χ4n) is 14.3. The molecule has 0 saturated carbocycles. The average Bonchev–Trinajstić information content (AvgIpc) is 0.763. The van der Waals surface area contributed by atoms with Gasteiger partial charge in [0.05, 0.1) is 110 Å². The summed E-state index contributed by atoms with van der Waals surface area (Å²) < 4.78 is 131. The van der Waals surface area contributed by atoms with E-state index in [1.807, 2.05) is 12.1 Å². The number of esters is 10. The molecule has 0 amide bonds. The van der Waals surface area contributed by atoms with Crippen LogP contribution >= 0.6 is 45.2 Å². The minimum Gasteiger partial charge on any atom is -0.496 e. The Morgan fingerprint density at radius 3 is 0.805 bits per heavy atom. The molecular weight excluding hydrogens is 1950 g/mol. The molecule has 30 nitrogen and oxygen atoms in total. The van der Waals surface area contributed by atoms with E-state index in [0.717, 1.165) is 7.14 Å². The molecule has 0 spiro atoms. The van der Waals surface area contributed by atoms with Gasteiger partial charge in [-0.2, -0.15) is 0 Å². The summed E-state index contributed by atoms with van der Waals surface area (Å²) in [5.41, 5.74) is -0.453. The first-order chi connectivity index (χ1) is 64.9. The zero-order chi connectivity index (χ0) is 92.8. The molecule has 0 aliphatic carbocycles. The summed E-state index contributed by atoms with van der Waals surface area (Å²) in [4.78, 5) is 150. The molecule has 133 heavy (non-hydrogen) atoms. The first kappa shape index (κ1) is 95.9. The SMILES string of the molecule is COc1cc(I)c(OCCOCCOCCO[C@H]2O[C@H](CO[C@H]3O[C@H](COC(=O)c4ccccc4)[C@@H](OC(=O)c4ccccc4)[C@H](O[C@H]4O[C@H](COC(=O)c5ccccc5)[C@@H](OC(=O)c5ccccc5)[C@H](OC(=O)c5ccccc5)[C@@H]4OC(=O)c4ccccc4)[C@@H]3OC(=O)c3ccccc3)[C@@H](OC(=O)c3ccccc3)[C@H](OC(=O)c3ccccc3)[C@@H]2OC(=O)c2ccccc2)cc1I. The van der Waals surface area contributed by atoms with Crippen LogP contribution < -0.4 is 9.47 Å². The zero-order valence-corrected chi connectivity index (χ0v) is 75.4. The van der Waals surface area contributed by atoms with Crippen molar-refractivity contribution in [3.63, 3.8) is 0 Å². The van der Waals surface area contributed by atoms with Crippen LogP contribution in [0.1, 0.15) is 104 Å². The number of methoxy groups -OCH3 is 1. The van der Waals surface area contributed by atoms with Crippen LogP contribution in [0.2, 0.25) is 0 Å². The normalized spacial score (nSPS) is 21.3. The molecule has 3 heterocycles. The molecule has 14 rings (SSSR count). The van der Waals surface area contributed by atoms with Gasteiger partial charge in [-0.3, -0.25) is 0 Å². The predicted molar refractivity (Wildman–Crippen MR) is 487 cm³/mol. The molecule has 0 aromatic heterocycles. The number of ether oxygens (including phenoxy) is 20. The smallest absolute Gasteiger partial charge is 0.338 e. The Bertz CT molecular complexity index is 5670. The maximum absolute atomic E-state index is 15.6. The van der Waals surface area contributed by atoms with Crippen molar-refractivity contribution >= 4 is 105 Å². The molecule has 3 aliphatic heterocycles. The highest BCUT2D eigenvalue weighted by molar-refractivity contribution is 14.1. The molecule has 0 N–H and O–H groups in total. The van der Waals surface area contributed by atoms with E-state index in [4.69, 9.17) is 94.7 Å². The lowest BCUT2D eigenvalue weighted by molar-refractivity contribution is -0.362. The van der Waals surface area contributed by atoms with Gasteiger partial charge in [0.1, 0.15) is 55.7 Å². The van der Waals surface area contributed by atoms with Crippen LogP contribution in [-0.2, 0) is 85.3 Å². The Balaban J connectivity index is 0.897.